The first kappa shape index (κ1) is 17.1. The first-order chi connectivity index (χ1) is 8.61. The van der Waals surface area contributed by atoms with Crippen LogP contribution < -0.4 is 5.73 Å². The fraction of sp³-hybridized carbons (Fsp3) is 0.933. The molecule has 2 rings (SSSR count). The molecule has 2 N–H and O–H groups in total. The molecule has 4 heteroatoms. The Labute approximate surface area is 135 Å². The molecule has 0 aromatic heterocycles. The number of guanidine groups is 1. The van der Waals surface area contributed by atoms with Gasteiger partial charge in [0.05, 0.1) is 0 Å². The lowest BCUT2D eigenvalue weighted by atomic mass is 9.64. The highest BCUT2D eigenvalue weighted by molar-refractivity contribution is 14.0. The van der Waals surface area contributed by atoms with Gasteiger partial charge < -0.3 is 10.6 Å². The highest BCUT2D eigenvalue weighted by Crippen LogP contribution is 2.46. The van der Waals surface area contributed by atoms with E-state index in [1.807, 2.05) is 0 Å². The van der Waals surface area contributed by atoms with Crippen molar-refractivity contribution in [2.45, 2.75) is 58.8 Å². The number of hydrogen-bond acceptors (Lipinski definition) is 1. The first-order valence-corrected chi connectivity index (χ1v) is 7.66. The van der Waals surface area contributed by atoms with Crippen molar-refractivity contribution in [2.75, 3.05) is 19.6 Å². The summed E-state index contributed by atoms with van der Waals surface area (Å²) in [6, 6.07) is 0. The number of nitrogens with two attached hydrogens (primary N) is 1. The number of aliphatic imine (C=N–C) groups is 1. The Morgan fingerprint density at radius 2 is 1.79 bits per heavy atom. The van der Waals surface area contributed by atoms with Gasteiger partial charge in [0.25, 0.3) is 0 Å². The Hall–Kier alpha value is 0. The van der Waals surface area contributed by atoms with Gasteiger partial charge in [-0.2, -0.15) is 0 Å². The van der Waals surface area contributed by atoms with Crippen LogP contribution in [0.5, 0.6) is 0 Å². The predicted molar refractivity (Wildman–Crippen MR) is 93.1 cm³/mol. The third kappa shape index (κ3) is 4.80. The third-order valence-electron chi connectivity index (χ3n) is 4.51. The van der Waals surface area contributed by atoms with E-state index in [1.165, 1.54) is 44.9 Å². The zero-order chi connectivity index (χ0) is 13.0. The zero-order valence-corrected chi connectivity index (χ0v) is 14.9. The van der Waals surface area contributed by atoms with Crippen molar-refractivity contribution in [3.8, 4) is 0 Å². The Balaban J connectivity index is 0.00000180. The molecule has 0 radical (unpaired) electrons. The first-order valence-electron chi connectivity index (χ1n) is 7.66. The molecule has 0 bridgehead atoms. The van der Waals surface area contributed by atoms with Crippen LogP contribution in [0.25, 0.3) is 0 Å². The summed E-state index contributed by atoms with van der Waals surface area (Å²) in [7, 11) is 0. The molecule has 0 unspecified atom stereocenters. The minimum atomic E-state index is 0. The standard InChI is InChI=1S/C15H29N3.HI/c1-13(2)11-15(7-6-8-15)12-17-14(16)18-9-4-3-5-10-18;/h13H,3-12H2,1-2H3,(H2,16,17);1H. The molecular weight excluding hydrogens is 349 g/mol. The second-order valence-corrected chi connectivity index (χ2v) is 6.67. The van der Waals surface area contributed by atoms with Crippen molar-refractivity contribution >= 4 is 29.9 Å². The van der Waals surface area contributed by atoms with E-state index in [4.69, 9.17) is 10.7 Å². The molecular formula is C15H30IN3. The van der Waals surface area contributed by atoms with E-state index in [-0.39, 0.29) is 24.0 Å². The number of nitrogens with zero attached hydrogens (tertiary/aromatic N) is 2. The number of hydrogen-bond donors (Lipinski definition) is 1. The quantitative estimate of drug-likeness (QED) is 0.461. The van der Waals surface area contributed by atoms with Gasteiger partial charge >= 0.3 is 0 Å². The second-order valence-electron chi connectivity index (χ2n) is 6.67. The molecule has 0 aromatic carbocycles. The maximum absolute atomic E-state index is 6.14. The summed E-state index contributed by atoms with van der Waals surface area (Å²) in [5, 5.41) is 0. The lowest BCUT2D eigenvalue weighted by Gasteiger charge is -2.42. The summed E-state index contributed by atoms with van der Waals surface area (Å²) in [6.07, 6.45) is 9.28. The molecule has 1 heterocycles. The van der Waals surface area contributed by atoms with E-state index < -0.39 is 0 Å². The van der Waals surface area contributed by atoms with E-state index in [1.54, 1.807) is 0 Å². The molecule has 2 fully saturated rings. The van der Waals surface area contributed by atoms with Crippen molar-refractivity contribution in [1.29, 1.82) is 0 Å². The van der Waals surface area contributed by atoms with E-state index in [0.717, 1.165) is 31.5 Å². The van der Waals surface area contributed by atoms with Gasteiger partial charge in [-0.15, -0.1) is 24.0 Å². The van der Waals surface area contributed by atoms with Crippen LogP contribution in [0.2, 0.25) is 0 Å². The topological polar surface area (TPSA) is 41.6 Å². The monoisotopic (exact) mass is 379 g/mol. The van der Waals surface area contributed by atoms with Crippen LogP contribution in [0.15, 0.2) is 4.99 Å². The van der Waals surface area contributed by atoms with Crippen LogP contribution >= 0.6 is 24.0 Å². The van der Waals surface area contributed by atoms with Crippen LogP contribution in [-0.4, -0.2) is 30.5 Å². The largest absolute Gasteiger partial charge is 0.370 e. The predicted octanol–water partition coefficient (Wildman–Crippen LogP) is 3.62. The maximum atomic E-state index is 6.14. The average Bonchev–Trinajstić information content (AvgIpc) is 2.32. The van der Waals surface area contributed by atoms with Crippen molar-refractivity contribution in [1.82, 2.24) is 4.90 Å². The lowest BCUT2D eigenvalue weighted by Crippen LogP contribution is -2.42. The number of piperidine rings is 1. The van der Waals surface area contributed by atoms with E-state index in [2.05, 4.69) is 18.7 Å². The molecule has 0 aromatic rings. The summed E-state index contributed by atoms with van der Waals surface area (Å²) in [4.78, 5) is 6.98. The second kappa shape index (κ2) is 7.70. The molecule has 112 valence electrons. The van der Waals surface area contributed by atoms with Gasteiger partial charge in [-0.3, -0.25) is 4.99 Å². The van der Waals surface area contributed by atoms with Gasteiger partial charge in [-0.1, -0.05) is 20.3 Å². The van der Waals surface area contributed by atoms with Crippen LogP contribution in [-0.2, 0) is 0 Å². The van der Waals surface area contributed by atoms with Gasteiger partial charge in [0.1, 0.15) is 0 Å². The summed E-state index contributed by atoms with van der Waals surface area (Å²) in [5.74, 6) is 1.57. The summed E-state index contributed by atoms with van der Waals surface area (Å²) < 4.78 is 0. The Morgan fingerprint density at radius 3 is 2.26 bits per heavy atom. The minimum Gasteiger partial charge on any atom is -0.370 e. The fourth-order valence-electron chi connectivity index (χ4n) is 3.44. The molecule has 1 aliphatic heterocycles. The summed E-state index contributed by atoms with van der Waals surface area (Å²) >= 11 is 0. The maximum Gasteiger partial charge on any atom is 0.191 e. The SMILES string of the molecule is CC(C)CC1(CN=C(N)N2CCCCC2)CCC1.I. The third-order valence-corrected chi connectivity index (χ3v) is 4.51. The van der Waals surface area contributed by atoms with E-state index >= 15 is 0 Å². The number of rotatable bonds is 4. The Kier molecular flexibility index (Phi) is 6.91. The average molecular weight is 379 g/mol. The molecule has 0 spiro atoms. The van der Waals surface area contributed by atoms with E-state index in [9.17, 15) is 0 Å². The Morgan fingerprint density at radius 1 is 1.16 bits per heavy atom. The summed E-state index contributed by atoms with van der Waals surface area (Å²) in [6.45, 7) is 7.79. The summed E-state index contributed by atoms with van der Waals surface area (Å²) in [5.41, 5.74) is 6.62. The van der Waals surface area contributed by atoms with Gasteiger partial charge in [0.15, 0.2) is 5.96 Å². The van der Waals surface area contributed by atoms with Gasteiger partial charge in [0.2, 0.25) is 0 Å². The molecule has 2 aliphatic rings. The van der Waals surface area contributed by atoms with Crippen LogP contribution in [0.1, 0.15) is 58.8 Å². The molecule has 19 heavy (non-hydrogen) atoms. The molecule has 1 aliphatic carbocycles. The van der Waals surface area contributed by atoms with Crippen molar-refractivity contribution in [2.24, 2.45) is 22.1 Å². The van der Waals surface area contributed by atoms with Crippen molar-refractivity contribution < 1.29 is 0 Å². The van der Waals surface area contributed by atoms with Gasteiger partial charge in [0, 0.05) is 19.6 Å². The highest BCUT2D eigenvalue weighted by Gasteiger charge is 2.37. The minimum absolute atomic E-state index is 0. The van der Waals surface area contributed by atoms with Crippen LogP contribution in [0.3, 0.4) is 0 Å². The van der Waals surface area contributed by atoms with Gasteiger partial charge in [-0.25, -0.2) is 0 Å². The van der Waals surface area contributed by atoms with Crippen LogP contribution in [0.4, 0.5) is 0 Å². The fourth-order valence-corrected chi connectivity index (χ4v) is 3.44. The van der Waals surface area contributed by atoms with Crippen LogP contribution in [0, 0.1) is 11.3 Å². The highest BCUT2D eigenvalue weighted by atomic mass is 127. The molecule has 0 amide bonds. The number of likely N-dealkylation sites (tertiary alicyclic amines) is 1. The number of halogens is 1. The lowest BCUT2D eigenvalue weighted by molar-refractivity contribution is 0.111. The normalized spacial score (nSPS) is 22.9. The Bertz CT molecular complexity index is 292. The van der Waals surface area contributed by atoms with Crippen molar-refractivity contribution in [3.05, 3.63) is 0 Å². The van der Waals surface area contributed by atoms with E-state index in [0.29, 0.717) is 5.41 Å². The smallest absolute Gasteiger partial charge is 0.191 e. The van der Waals surface area contributed by atoms with Gasteiger partial charge in [-0.05, 0) is 49.9 Å². The van der Waals surface area contributed by atoms with Crippen molar-refractivity contribution in [3.63, 3.8) is 0 Å². The molecule has 0 atom stereocenters. The molecule has 1 saturated heterocycles. The molecule has 1 saturated carbocycles. The molecule has 3 nitrogen and oxygen atoms in total. The zero-order valence-electron chi connectivity index (χ0n) is 12.5.